The number of hydrogen-bond acceptors (Lipinski definition) is 3. The monoisotopic (exact) mass is 210 g/mol. The summed E-state index contributed by atoms with van der Waals surface area (Å²) in [5, 5.41) is 7.76. The van der Waals surface area contributed by atoms with Gasteiger partial charge in [-0.2, -0.15) is 5.10 Å². The van der Waals surface area contributed by atoms with Gasteiger partial charge in [-0.3, -0.25) is 4.68 Å². The van der Waals surface area contributed by atoms with Crippen molar-refractivity contribution in [2.75, 3.05) is 6.54 Å². The van der Waals surface area contributed by atoms with E-state index in [0.717, 1.165) is 37.5 Å². The molecule has 4 heteroatoms. The van der Waals surface area contributed by atoms with E-state index in [2.05, 4.69) is 36.2 Å². The Morgan fingerprint density at radius 1 is 1.33 bits per heavy atom. The van der Waals surface area contributed by atoms with Crippen molar-refractivity contribution < 1.29 is 0 Å². The third kappa shape index (κ3) is 4.00. The van der Waals surface area contributed by atoms with Gasteiger partial charge in [0.25, 0.3) is 0 Å². The standard InChI is InChI=1S/C11H22N4/c1-5-6-10-13-11(15(4)14-10)7-8-12-9(2)3/h9,12H,5-8H2,1-4H3. The average molecular weight is 210 g/mol. The van der Waals surface area contributed by atoms with E-state index in [1.165, 1.54) is 0 Å². The molecule has 0 fully saturated rings. The molecular weight excluding hydrogens is 188 g/mol. The summed E-state index contributed by atoms with van der Waals surface area (Å²) in [6.45, 7) is 7.42. The average Bonchev–Trinajstić information content (AvgIpc) is 2.47. The molecule has 1 aromatic rings. The maximum Gasteiger partial charge on any atom is 0.150 e. The molecule has 0 aromatic carbocycles. The van der Waals surface area contributed by atoms with E-state index in [9.17, 15) is 0 Å². The van der Waals surface area contributed by atoms with Crippen LogP contribution in [-0.2, 0) is 19.9 Å². The summed E-state index contributed by atoms with van der Waals surface area (Å²) in [4.78, 5) is 4.51. The summed E-state index contributed by atoms with van der Waals surface area (Å²) in [5.74, 6) is 2.05. The summed E-state index contributed by atoms with van der Waals surface area (Å²) in [7, 11) is 1.97. The highest BCUT2D eigenvalue weighted by Crippen LogP contribution is 2.00. The largest absolute Gasteiger partial charge is 0.314 e. The molecule has 86 valence electrons. The maximum absolute atomic E-state index is 4.51. The number of aromatic nitrogens is 3. The van der Waals surface area contributed by atoms with Crippen molar-refractivity contribution in [2.24, 2.45) is 7.05 Å². The summed E-state index contributed by atoms with van der Waals surface area (Å²) < 4.78 is 1.90. The van der Waals surface area contributed by atoms with Gasteiger partial charge in [-0.1, -0.05) is 20.8 Å². The van der Waals surface area contributed by atoms with Crippen LogP contribution in [0.5, 0.6) is 0 Å². The Bertz CT molecular complexity index is 291. The van der Waals surface area contributed by atoms with E-state index in [4.69, 9.17) is 0 Å². The first-order valence-corrected chi connectivity index (χ1v) is 5.75. The molecule has 0 saturated carbocycles. The molecule has 0 radical (unpaired) electrons. The molecule has 0 bridgehead atoms. The lowest BCUT2D eigenvalue weighted by molar-refractivity contribution is 0.571. The molecule has 15 heavy (non-hydrogen) atoms. The summed E-state index contributed by atoms with van der Waals surface area (Å²) in [6, 6.07) is 0.535. The highest BCUT2D eigenvalue weighted by Gasteiger charge is 2.05. The summed E-state index contributed by atoms with van der Waals surface area (Å²) in [5.41, 5.74) is 0. The topological polar surface area (TPSA) is 42.7 Å². The summed E-state index contributed by atoms with van der Waals surface area (Å²) in [6.07, 6.45) is 3.03. The molecule has 0 unspecified atom stereocenters. The second-order valence-electron chi connectivity index (χ2n) is 4.18. The lowest BCUT2D eigenvalue weighted by Gasteiger charge is -2.06. The molecular formula is C11H22N4. The van der Waals surface area contributed by atoms with Gasteiger partial charge in [0.1, 0.15) is 5.82 Å². The van der Waals surface area contributed by atoms with Crippen molar-refractivity contribution in [1.82, 2.24) is 20.1 Å². The van der Waals surface area contributed by atoms with Gasteiger partial charge in [-0.05, 0) is 6.42 Å². The first kappa shape index (κ1) is 12.2. The van der Waals surface area contributed by atoms with Crippen LogP contribution >= 0.6 is 0 Å². The Kier molecular flexibility index (Phi) is 4.75. The van der Waals surface area contributed by atoms with E-state index in [1.54, 1.807) is 0 Å². The Morgan fingerprint density at radius 3 is 2.67 bits per heavy atom. The summed E-state index contributed by atoms with van der Waals surface area (Å²) >= 11 is 0. The predicted octanol–water partition coefficient (Wildman–Crippen LogP) is 1.31. The second-order valence-corrected chi connectivity index (χ2v) is 4.18. The van der Waals surface area contributed by atoms with E-state index < -0.39 is 0 Å². The van der Waals surface area contributed by atoms with E-state index in [-0.39, 0.29) is 0 Å². The molecule has 0 aliphatic heterocycles. The number of nitrogens with one attached hydrogen (secondary N) is 1. The van der Waals surface area contributed by atoms with Gasteiger partial charge in [0.05, 0.1) is 0 Å². The lowest BCUT2D eigenvalue weighted by atomic mass is 10.3. The number of rotatable bonds is 6. The zero-order valence-corrected chi connectivity index (χ0v) is 10.2. The van der Waals surface area contributed by atoms with Gasteiger partial charge in [0, 0.05) is 32.5 Å². The Balaban J connectivity index is 2.46. The smallest absolute Gasteiger partial charge is 0.150 e. The number of nitrogens with zero attached hydrogens (tertiary/aromatic N) is 3. The fourth-order valence-electron chi connectivity index (χ4n) is 1.49. The Morgan fingerprint density at radius 2 is 2.07 bits per heavy atom. The van der Waals surface area contributed by atoms with Gasteiger partial charge in [0.2, 0.25) is 0 Å². The predicted molar refractivity (Wildman–Crippen MR) is 61.8 cm³/mol. The Hall–Kier alpha value is -0.900. The first-order chi connectivity index (χ1) is 7.13. The van der Waals surface area contributed by atoms with E-state index >= 15 is 0 Å². The van der Waals surface area contributed by atoms with Crippen molar-refractivity contribution in [3.63, 3.8) is 0 Å². The van der Waals surface area contributed by atoms with E-state index in [1.807, 2.05) is 11.7 Å². The quantitative estimate of drug-likeness (QED) is 0.770. The molecule has 1 aromatic heterocycles. The molecule has 0 spiro atoms. The van der Waals surface area contributed by atoms with E-state index in [0.29, 0.717) is 6.04 Å². The van der Waals surface area contributed by atoms with Gasteiger partial charge < -0.3 is 5.32 Å². The normalized spacial score (nSPS) is 11.3. The van der Waals surface area contributed by atoms with Crippen LogP contribution in [0.4, 0.5) is 0 Å². The first-order valence-electron chi connectivity index (χ1n) is 5.75. The van der Waals surface area contributed by atoms with Crippen molar-refractivity contribution in [1.29, 1.82) is 0 Å². The highest BCUT2D eigenvalue weighted by molar-refractivity contribution is 4.93. The van der Waals surface area contributed by atoms with Crippen LogP contribution in [-0.4, -0.2) is 27.4 Å². The third-order valence-electron chi connectivity index (χ3n) is 2.27. The fourth-order valence-corrected chi connectivity index (χ4v) is 1.49. The molecule has 1 N–H and O–H groups in total. The minimum atomic E-state index is 0.535. The van der Waals surface area contributed by atoms with Crippen LogP contribution < -0.4 is 5.32 Å². The van der Waals surface area contributed by atoms with Crippen LogP contribution in [0.15, 0.2) is 0 Å². The number of aryl methyl sites for hydroxylation is 2. The molecule has 1 rings (SSSR count). The van der Waals surface area contributed by atoms with Gasteiger partial charge in [-0.15, -0.1) is 0 Å². The van der Waals surface area contributed by atoms with Crippen molar-refractivity contribution in [3.05, 3.63) is 11.6 Å². The van der Waals surface area contributed by atoms with Gasteiger partial charge in [0.15, 0.2) is 5.82 Å². The second kappa shape index (κ2) is 5.85. The molecule has 0 aliphatic rings. The van der Waals surface area contributed by atoms with Crippen molar-refractivity contribution in [3.8, 4) is 0 Å². The van der Waals surface area contributed by atoms with Crippen LogP contribution in [0.25, 0.3) is 0 Å². The molecule has 0 saturated heterocycles. The van der Waals surface area contributed by atoms with Crippen molar-refractivity contribution in [2.45, 2.75) is 46.1 Å². The van der Waals surface area contributed by atoms with Gasteiger partial charge >= 0.3 is 0 Å². The molecule has 0 amide bonds. The molecule has 0 aliphatic carbocycles. The minimum Gasteiger partial charge on any atom is -0.314 e. The number of hydrogen-bond donors (Lipinski definition) is 1. The SMILES string of the molecule is CCCc1nc(CCNC(C)C)n(C)n1. The van der Waals surface area contributed by atoms with Crippen LogP contribution in [0.1, 0.15) is 38.8 Å². The van der Waals surface area contributed by atoms with Crippen LogP contribution in [0.2, 0.25) is 0 Å². The molecule has 1 heterocycles. The molecule has 4 nitrogen and oxygen atoms in total. The fraction of sp³-hybridized carbons (Fsp3) is 0.818. The highest BCUT2D eigenvalue weighted by atomic mass is 15.3. The Labute approximate surface area is 92.1 Å². The van der Waals surface area contributed by atoms with Crippen molar-refractivity contribution >= 4 is 0 Å². The zero-order valence-electron chi connectivity index (χ0n) is 10.2. The minimum absolute atomic E-state index is 0.535. The third-order valence-corrected chi connectivity index (χ3v) is 2.27. The zero-order chi connectivity index (χ0) is 11.3. The van der Waals surface area contributed by atoms with Crippen LogP contribution in [0.3, 0.4) is 0 Å². The maximum atomic E-state index is 4.51. The van der Waals surface area contributed by atoms with Gasteiger partial charge in [-0.25, -0.2) is 4.98 Å². The molecule has 0 atom stereocenters. The van der Waals surface area contributed by atoms with Crippen LogP contribution in [0, 0.1) is 0 Å². The lowest BCUT2D eigenvalue weighted by Crippen LogP contribution is -2.25.